The van der Waals surface area contributed by atoms with Crippen LogP contribution in [-0.4, -0.2) is 14.4 Å². The number of nitrogens with zero attached hydrogens (tertiary/aromatic N) is 3. The lowest BCUT2D eigenvalue weighted by Gasteiger charge is -2.14. The molecule has 0 aliphatic heterocycles. The molecule has 0 radical (unpaired) electrons. The van der Waals surface area contributed by atoms with Crippen LogP contribution in [0.25, 0.3) is 48.9 Å². The normalized spacial score (nSPS) is 12.0. The van der Waals surface area contributed by atoms with Crippen LogP contribution in [0.3, 0.4) is 0 Å². The molecule has 116 valence electrons. The molecule has 25 heavy (non-hydrogen) atoms. The molecule has 0 aliphatic rings. The van der Waals surface area contributed by atoms with Crippen molar-refractivity contribution >= 4 is 48.9 Å². The lowest BCUT2D eigenvalue weighted by molar-refractivity contribution is 1.22. The Morgan fingerprint density at radius 2 is 1.36 bits per heavy atom. The summed E-state index contributed by atoms with van der Waals surface area (Å²) < 4.78 is 2.18. The molecule has 0 saturated carbocycles. The molecule has 3 nitrogen and oxygen atoms in total. The summed E-state index contributed by atoms with van der Waals surface area (Å²) in [6.07, 6.45) is 5.65. The summed E-state index contributed by atoms with van der Waals surface area (Å²) in [7, 11) is 0. The van der Waals surface area contributed by atoms with E-state index in [1.807, 2.05) is 24.8 Å². The van der Waals surface area contributed by atoms with Gasteiger partial charge in [-0.05, 0) is 22.2 Å². The first-order valence-electron chi connectivity index (χ1n) is 8.35. The van der Waals surface area contributed by atoms with E-state index in [1.165, 1.54) is 37.8 Å². The first kappa shape index (κ1) is 12.9. The number of imidazole rings is 1. The van der Waals surface area contributed by atoms with Crippen LogP contribution in [0.2, 0.25) is 0 Å². The Morgan fingerprint density at radius 3 is 2.20 bits per heavy atom. The molecule has 0 unspecified atom stereocenters. The molecule has 0 aliphatic carbocycles. The zero-order valence-electron chi connectivity index (χ0n) is 13.3. The summed E-state index contributed by atoms with van der Waals surface area (Å²) in [5, 5.41) is 7.45. The topological polar surface area (TPSA) is 30.2 Å². The average Bonchev–Trinajstić information content (AvgIpc) is 3.17. The number of benzene rings is 3. The average molecular weight is 319 g/mol. The SMILES string of the molecule is c1ccc2c(c1)c1ccccc1c1c2c2cccnc2c2cncn21. The third kappa shape index (κ3) is 1.55. The maximum absolute atomic E-state index is 4.66. The summed E-state index contributed by atoms with van der Waals surface area (Å²) >= 11 is 0. The standard InChI is InChI=1S/C22H13N3/c1-3-8-16-14(6-1)15-7-2-4-9-17(15)22-20(16)18-10-5-11-24-21(18)19-12-23-13-25(19)22/h1-13H. The van der Waals surface area contributed by atoms with Crippen LogP contribution in [-0.2, 0) is 0 Å². The molecule has 3 aromatic heterocycles. The van der Waals surface area contributed by atoms with Crippen LogP contribution in [0.1, 0.15) is 0 Å². The van der Waals surface area contributed by atoms with Crippen LogP contribution in [0.5, 0.6) is 0 Å². The van der Waals surface area contributed by atoms with Crippen LogP contribution in [0.15, 0.2) is 79.4 Å². The predicted octanol–water partition coefficient (Wildman–Crippen LogP) is 5.34. The van der Waals surface area contributed by atoms with Crippen molar-refractivity contribution in [3.05, 3.63) is 79.4 Å². The third-order valence-corrected chi connectivity index (χ3v) is 5.10. The highest BCUT2D eigenvalue weighted by Gasteiger charge is 2.15. The van der Waals surface area contributed by atoms with E-state index in [4.69, 9.17) is 0 Å². The van der Waals surface area contributed by atoms with E-state index in [0.717, 1.165) is 11.0 Å². The van der Waals surface area contributed by atoms with E-state index in [2.05, 4.69) is 69.0 Å². The van der Waals surface area contributed by atoms with Gasteiger partial charge >= 0.3 is 0 Å². The summed E-state index contributed by atoms with van der Waals surface area (Å²) in [6, 6.07) is 21.4. The van der Waals surface area contributed by atoms with Crippen LogP contribution in [0.4, 0.5) is 0 Å². The number of hydrogen-bond donors (Lipinski definition) is 0. The Hall–Kier alpha value is -3.46. The summed E-state index contributed by atoms with van der Waals surface area (Å²) in [5.74, 6) is 0. The van der Waals surface area contributed by atoms with E-state index in [1.54, 1.807) is 0 Å². The van der Waals surface area contributed by atoms with E-state index in [-0.39, 0.29) is 0 Å². The van der Waals surface area contributed by atoms with Crippen LogP contribution in [0, 0.1) is 0 Å². The van der Waals surface area contributed by atoms with E-state index in [9.17, 15) is 0 Å². The van der Waals surface area contributed by atoms with Crippen LogP contribution >= 0.6 is 0 Å². The molecule has 3 heteroatoms. The monoisotopic (exact) mass is 319 g/mol. The second-order valence-corrected chi connectivity index (χ2v) is 6.36. The van der Waals surface area contributed by atoms with Crippen molar-refractivity contribution in [3.63, 3.8) is 0 Å². The maximum Gasteiger partial charge on any atom is 0.0998 e. The number of pyridine rings is 2. The minimum atomic E-state index is 0.993. The van der Waals surface area contributed by atoms with Gasteiger partial charge in [-0.1, -0.05) is 54.6 Å². The molecule has 0 saturated heterocycles. The van der Waals surface area contributed by atoms with Gasteiger partial charge in [-0.15, -0.1) is 0 Å². The van der Waals surface area contributed by atoms with Gasteiger partial charge in [0.1, 0.15) is 0 Å². The largest absolute Gasteiger partial charge is 0.296 e. The highest BCUT2D eigenvalue weighted by atomic mass is 15.0. The molecule has 0 fully saturated rings. The maximum atomic E-state index is 4.66. The second kappa shape index (κ2) is 4.54. The zero-order chi connectivity index (χ0) is 16.4. The molecular weight excluding hydrogens is 306 g/mol. The van der Waals surface area contributed by atoms with E-state index < -0.39 is 0 Å². The summed E-state index contributed by atoms with van der Waals surface area (Å²) in [6.45, 7) is 0. The molecule has 0 amide bonds. The minimum absolute atomic E-state index is 0.993. The highest BCUT2D eigenvalue weighted by Crippen LogP contribution is 2.39. The lowest BCUT2D eigenvalue weighted by atomic mass is 9.95. The van der Waals surface area contributed by atoms with Gasteiger partial charge in [-0.3, -0.25) is 9.38 Å². The van der Waals surface area contributed by atoms with Crippen molar-refractivity contribution in [2.45, 2.75) is 0 Å². The Kier molecular flexibility index (Phi) is 2.35. The number of rotatable bonds is 0. The number of fused-ring (bicyclic) bond motifs is 11. The minimum Gasteiger partial charge on any atom is -0.296 e. The Bertz CT molecular complexity index is 1440. The second-order valence-electron chi connectivity index (χ2n) is 6.36. The van der Waals surface area contributed by atoms with Crippen molar-refractivity contribution < 1.29 is 0 Å². The van der Waals surface area contributed by atoms with Gasteiger partial charge in [0.15, 0.2) is 0 Å². The van der Waals surface area contributed by atoms with Crippen molar-refractivity contribution in [1.82, 2.24) is 14.4 Å². The van der Waals surface area contributed by atoms with Crippen molar-refractivity contribution in [2.24, 2.45) is 0 Å². The Balaban J connectivity index is 2.15. The molecule has 3 aromatic carbocycles. The quantitative estimate of drug-likeness (QED) is 0.354. The number of aromatic nitrogens is 3. The molecule has 0 N–H and O–H groups in total. The lowest BCUT2D eigenvalue weighted by Crippen LogP contribution is -1.94. The molecule has 6 rings (SSSR count). The van der Waals surface area contributed by atoms with Gasteiger partial charge in [-0.2, -0.15) is 0 Å². The predicted molar refractivity (Wildman–Crippen MR) is 103 cm³/mol. The summed E-state index contributed by atoms with van der Waals surface area (Å²) in [5.41, 5.74) is 3.23. The van der Waals surface area contributed by atoms with E-state index in [0.29, 0.717) is 0 Å². The highest BCUT2D eigenvalue weighted by molar-refractivity contribution is 6.31. The van der Waals surface area contributed by atoms with Gasteiger partial charge in [0.25, 0.3) is 0 Å². The third-order valence-electron chi connectivity index (χ3n) is 5.10. The summed E-state index contributed by atoms with van der Waals surface area (Å²) in [4.78, 5) is 9.07. The van der Waals surface area contributed by atoms with E-state index >= 15 is 0 Å². The Morgan fingerprint density at radius 1 is 0.680 bits per heavy atom. The van der Waals surface area contributed by atoms with Gasteiger partial charge in [-0.25, -0.2) is 4.98 Å². The molecule has 6 aromatic rings. The Labute approximate surface area is 143 Å². The smallest absolute Gasteiger partial charge is 0.0998 e. The van der Waals surface area contributed by atoms with Gasteiger partial charge in [0, 0.05) is 22.4 Å². The fourth-order valence-corrected chi connectivity index (χ4v) is 4.11. The fourth-order valence-electron chi connectivity index (χ4n) is 4.11. The molecule has 0 spiro atoms. The molecule has 0 atom stereocenters. The van der Waals surface area contributed by atoms with Gasteiger partial charge in [0.05, 0.1) is 29.1 Å². The van der Waals surface area contributed by atoms with Crippen molar-refractivity contribution in [3.8, 4) is 0 Å². The van der Waals surface area contributed by atoms with Gasteiger partial charge < -0.3 is 0 Å². The number of hydrogen-bond acceptors (Lipinski definition) is 2. The molecule has 3 heterocycles. The fraction of sp³-hybridized carbons (Fsp3) is 0. The zero-order valence-corrected chi connectivity index (χ0v) is 13.3. The van der Waals surface area contributed by atoms with Crippen molar-refractivity contribution in [2.75, 3.05) is 0 Å². The first-order valence-corrected chi connectivity index (χ1v) is 8.35. The first-order chi connectivity index (χ1) is 12.4. The molecular formula is C22H13N3. The van der Waals surface area contributed by atoms with Crippen LogP contribution < -0.4 is 0 Å². The molecule has 0 bridgehead atoms. The van der Waals surface area contributed by atoms with Crippen molar-refractivity contribution in [1.29, 1.82) is 0 Å². The van der Waals surface area contributed by atoms with Gasteiger partial charge in [0.2, 0.25) is 0 Å².